The second kappa shape index (κ2) is 5.56. The van der Waals surface area contributed by atoms with Gasteiger partial charge in [0, 0.05) is 0 Å². The molecule has 1 aromatic carbocycles. The number of carbonyl (C=O) groups is 1. The van der Waals surface area contributed by atoms with Gasteiger partial charge in [-0.3, -0.25) is 0 Å². The molecule has 0 aliphatic rings. The van der Waals surface area contributed by atoms with Crippen molar-refractivity contribution in [2.75, 3.05) is 14.2 Å². The van der Waals surface area contributed by atoms with Crippen LogP contribution in [0.25, 0.3) is 6.08 Å². The largest absolute Gasteiger partial charge is 0.493 e. The van der Waals surface area contributed by atoms with Gasteiger partial charge in [0.1, 0.15) is 11.6 Å². The minimum atomic E-state index is -1.26. The number of ether oxygens (including phenoxy) is 2. The van der Waals surface area contributed by atoms with E-state index in [1.807, 2.05) is 0 Å². The van der Waals surface area contributed by atoms with E-state index in [1.165, 1.54) is 20.3 Å². The van der Waals surface area contributed by atoms with Crippen molar-refractivity contribution in [2.24, 2.45) is 0 Å². The highest BCUT2D eigenvalue weighted by molar-refractivity contribution is 5.96. The minimum Gasteiger partial charge on any atom is -0.493 e. The average Bonchev–Trinajstić information content (AvgIpc) is 2.35. The van der Waals surface area contributed by atoms with E-state index in [1.54, 1.807) is 24.3 Å². The molecule has 0 aliphatic carbocycles. The summed E-state index contributed by atoms with van der Waals surface area (Å²) in [6.07, 6.45) is 1.27. The summed E-state index contributed by atoms with van der Waals surface area (Å²) in [5.41, 5.74) is 0.221. The molecule has 0 radical (unpaired) electrons. The Labute approximate surface area is 98.5 Å². The Kier molecular flexibility index (Phi) is 4.12. The van der Waals surface area contributed by atoms with Gasteiger partial charge in [0.15, 0.2) is 11.5 Å². The summed E-state index contributed by atoms with van der Waals surface area (Å²) in [5.74, 6) is -0.246. The van der Waals surface area contributed by atoms with Crippen molar-refractivity contribution in [3.8, 4) is 17.6 Å². The Hall–Kier alpha value is -2.48. The summed E-state index contributed by atoms with van der Waals surface area (Å²) < 4.78 is 10.1. The van der Waals surface area contributed by atoms with Crippen LogP contribution in [0, 0.1) is 11.3 Å². The number of aliphatic carboxylic acids is 1. The molecular formula is C12H11NO4. The molecule has 0 atom stereocenters. The van der Waals surface area contributed by atoms with Gasteiger partial charge in [-0.1, -0.05) is 6.07 Å². The van der Waals surface area contributed by atoms with Crippen LogP contribution in [0.1, 0.15) is 5.56 Å². The van der Waals surface area contributed by atoms with E-state index in [9.17, 15) is 4.79 Å². The van der Waals surface area contributed by atoms with Crippen molar-refractivity contribution in [2.45, 2.75) is 0 Å². The Bertz CT molecular complexity index is 500. The van der Waals surface area contributed by atoms with Crippen LogP contribution >= 0.6 is 0 Å². The van der Waals surface area contributed by atoms with Crippen LogP contribution in [0.4, 0.5) is 0 Å². The van der Waals surface area contributed by atoms with Gasteiger partial charge in [-0.05, 0) is 23.8 Å². The van der Waals surface area contributed by atoms with Crippen molar-refractivity contribution in [3.05, 3.63) is 29.3 Å². The van der Waals surface area contributed by atoms with Crippen LogP contribution in [0.2, 0.25) is 0 Å². The molecule has 0 heterocycles. The van der Waals surface area contributed by atoms with Gasteiger partial charge in [0.25, 0.3) is 0 Å². The van der Waals surface area contributed by atoms with Crippen LogP contribution in [0.5, 0.6) is 11.5 Å². The molecule has 5 nitrogen and oxygen atoms in total. The van der Waals surface area contributed by atoms with Crippen molar-refractivity contribution < 1.29 is 19.4 Å². The van der Waals surface area contributed by atoms with Crippen LogP contribution in [0.15, 0.2) is 23.8 Å². The second-order valence-electron chi connectivity index (χ2n) is 3.09. The van der Waals surface area contributed by atoms with Gasteiger partial charge in [-0.15, -0.1) is 0 Å². The number of rotatable bonds is 4. The van der Waals surface area contributed by atoms with E-state index in [0.717, 1.165) is 0 Å². The van der Waals surface area contributed by atoms with Gasteiger partial charge < -0.3 is 14.6 Å². The summed E-state index contributed by atoms with van der Waals surface area (Å²) in [6, 6.07) is 6.48. The zero-order valence-corrected chi connectivity index (χ0v) is 9.43. The summed E-state index contributed by atoms with van der Waals surface area (Å²) in [7, 11) is 2.99. The maximum absolute atomic E-state index is 10.7. The number of nitriles is 1. The normalized spacial score (nSPS) is 10.5. The van der Waals surface area contributed by atoms with E-state index in [2.05, 4.69) is 0 Å². The molecule has 0 amide bonds. The molecule has 1 rings (SSSR count). The van der Waals surface area contributed by atoms with Crippen molar-refractivity contribution in [1.29, 1.82) is 5.26 Å². The summed E-state index contributed by atoms with van der Waals surface area (Å²) in [5, 5.41) is 17.3. The highest BCUT2D eigenvalue weighted by atomic mass is 16.5. The molecule has 88 valence electrons. The monoisotopic (exact) mass is 233 g/mol. The molecule has 1 N–H and O–H groups in total. The van der Waals surface area contributed by atoms with Gasteiger partial charge in [-0.25, -0.2) is 4.79 Å². The van der Waals surface area contributed by atoms with Gasteiger partial charge in [0.05, 0.1) is 14.2 Å². The topological polar surface area (TPSA) is 79.5 Å². The zero-order chi connectivity index (χ0) is 12.8. The van der Waals surface area contributed by atoms with Crippen molar-refractivity contribution in [3.63, 3.8) is 0 Å². The minimum absolute atomic E-state index is 0.336. The standard InChI is InChI=1S/C12H11NO4/c1-16-10-4-3-8(6-11(10)17-2)5-9(7-13)12(14)15/h3-6H,1-2H3,(H,14,15). The molecule has 0 aromatic heterocycles. The Morgan fingerprint density at radius 1 is 1.35 bits per heavy atom. The SMILES string of the molecule is COc1ccc(C=C(C#N)C(=O)O)cc1OC. The van der Waals surface area contributed by atoms with Crippen molar-refractivity contribution in [1.82, 2.24) is 0 Å². The number of hydrogen-bond acceptors (Lipinski definition) is 4. The molecule has 0 unspecified atom stereocenters. The van der Waals surface area contributed by atoms with E-state index in [0.29, 0.717) is 17.1 Å². The van der Waals surface area contributed by atoms with Gasteiger partial charge in [-0.2, -0.15) is 5.26 Å². The lowest BCUT2D eigenvalue weighted by Crippen LogP contribution is -1.97. The highest BCUT2D eigenvalue weighted by Crippen LogP contribution is 2.28. The van der Waals surface area contributed by atoms with Crippen LogP contribution in [0.3, 0.4) is 0 Å². The first-order valence-electron chi connectivity index (χ1n) is 4.69. The van der Waals surface area contributed by atoms with Crippen LogP contribution in [-0.2, 0) is 4.79 Å². The molecule has 0 aliphatic heterocycles. The second-order valence-corrected chi connectivity index (χ2v) is 3.09. The third-order valence-electron chi connectivity index (χ3n) is 2.07. The molecule has 1 aromatic rings. The van der Waals surface area contributed by atoms with Crippen LogP contribution < -0.4 is 9.47 Å². The summed E-state index contributed by atoms with van der Waals surface area (Å²) >= 11 is 0. The lowest BCUT2D eigenvalue weighted by molar-refractivity contribution is -0.132. The number of carboxylic acids is 1. The molecule has 0 fully saturated rings. The van der Waals surface area contributed by atoms with Gasteiger partial charge in [0.2, 0.25) is 0 Å². The molecule has 0 saturated carbocycles. The fourth-order valence-electron chi connectivity index (χ4n) is 1.25. The fraction of sp³-hybridized carbons (Fsp3) is 0.167. The maximum Gasteiger partial charge on any atom is 0.346 e. The van der Waals surface area contributed by atoms with Crippen LogP contribution in [-0.4, -0.2) is 25.3 Å². The number of nitrogens with zero attached hydrogens (tertiary/aromatic N) is 1. The number of methoxy groups -OCH3 is 2. The Morgan fingerprint density at radius 2 is 2.00 bits per heavy atom. The molecule has 0 spiro atoms. The van der Waals surface area contributed by atoms with E-state index in [-0.39, 0.29) is 5.57 Å². The maximum atomic E-state index is 10.7. The van der Waals surface area contributed by atoms with E-state index >= 15 is 0 Å². The highest BCUT2D eigenvalue weighted by Gasteiger charge is 2.08. The predicted molar refractivity (Wildman–Crippen MR) is 60.8 cm³/mol. The predicted octanol–water partition coefficient (Wildman–Crippen LogP) is 1.70. The number of benzene rings is 1. The smallest absolute Gasteiger partial charge is 0.346 e. The van der Waals surface area contributed by atoms with Crippen molar-refractivity contribution >= 4 is 12.0 Å². The Morgan fingerprint density at radius 3 is 2.47 bits per heavy atom. The molecule has 0 bridgehead atoms. The first-order valence-corrected chi connectivity index (χ1v) is 4.69. The first-order chi connectivity index (χ1) is 8.12. The third kappa shape index (κ3) is 2.98. The first kappa shape index (κ1) is 12.6. The molecule has 5 heteroatoms. The van der Waals surface area contributed by atoms with Gasteiger partial charge >= 0.3 is 5.97 Å². The fourth-order valence-corrected chi connectivity index (χ4v) is 1.25. The summed E-state index contributed by atoms with van der Waals surface area (Å²) in [4.78, 5) is 10.7. The number of carboxylic acid groups (broad SMARTS) is 1. The lowest BCUT2D eigenvalue weighted by Gasteiger charge is -2.07. The third-order valence-corrected chi connectivity index (χ3v) is 2.07. The Balaban J connectivity index is 3.17. The lowest BCUT2D eigenvalue weighted by atomic mass is 10.1. The molecule has 17 heavy (non-hydrogen) atoms. The quantitative estimate of drug-likeness (QED) is 0.632. The average molecular weight is 233 g/mol. The summed E-state index contributed by atoms with van der Waals surface area (Å²) in [6.45, 7) is 0. The molecular weight excluding hydrogens is 222 g/mol. The number of hydrogen-bond donors (Lipinski definition) is 1. The van der Waals surface area contributed by atoms with E-state index < -0.39 is 5.97 Å². The molecule has 0 saturated heterocycles. The zero-order valence-electron chi connectivity index (χ0n) is 9.43. The van der Waals surface area contributed by atoms with E-state index in [4.69, 9.17) is 19.8 Å².